The van der Waals surface area contributed by atoms with Gasteiger partial charge in [-0.1, -0.05) is 12.8 Å². The molecule has 0 aliphatic carbocycles. The minimum absolute atomic E-state index is 0.0834. The van der Waals surface area contributed by atoms with Crippen molar-refractivity contribution in [1.82, 2.24) is 25.4 Å². The summed E-state index contributed by atoms with van der Waals surface area (Å²) in [6.07, 6.45) is 5.56. The average Bonchev–Trinajstić information content (AvgIpc) is 2.76. The molecule has 0 saturated carbocycles. The van der Waals surface area contributed by atoms with Gasteiger partial charge in [0.2, 0.25) is 17.8 Å². The number of nitrogen functional groups attached to an aromatic ring is 1. The Morgan fingerprint density at radius 1 is 1.18 bits per heavy atom. The summed E-state index contributed by atoms with van der Waals surface area (Å²) < 4.78 is 0. The van der Waals surface area contributed by atoms with Gasteiger partial charge < -0.3 is 16.0 Å². The number of hydrogen-bond donors (Lipinski definition) is 3. The molecule has 1 fully saturated rings. The number of nitrogens with one attached hydrogen (secondary N) is 2. The van der Waals surface area contributed by atoms with Gasteiger partial charge in [-0.15, -0.1) is 5.10 Å². The van der Waals surface area contributed by atoms with Crippen LogP contribution in [-0.4, -0.2) is 51.5 Å². The van der Waals surface area contributed by atoms with Gasteiger partial charge >= 0.3 is 0 Å². The van der Waals surface area contributed by atoms with Gasteiger partial charge in [0.25, 0.3) is 0 Å². The van der Waals surface area contributed by atoms with E-state index in [1.54, 1.807) is 0 Å². The maximum Gasteiger partial charge on any atom is 0.239 e. The van der Waals surface area contributed by atoms with E-state index in [0.717, 1.165) is 25.9 Å². The number of amides is 2. The van der Waals surface area contributed by atoms with Crippen molar-refractivity contribution in [2.75, 3.05) is 25.4 Å². The van der Waals surface area contributed by atoms with Gasteiger partial charge in [0, 0.05) is 38.9 Å². The first kappa shape index (κ1) is 16.3. The van der Waals surface area contributed by atoms with Crippen LogP contribution in [0.4, 0.5) is 5.95 Å². The molecule has 1 aromatic rings. The third-order valence-electron chi connectivity index (χ3n) is 3.76. The summed E-state index contributed by atoms with van der Waals surface area (Å²) in [7, 11) is 0. The van der Waals surface area contributed by atoms with Crippen LogP contribution in [0.15, 0.2) is 0 Å². The second kappa shape index (κ2) is 8.35. The molecule has 4 N–H and O–H groups in total. The smallest absolute Gasteiger partial charge is 0.239 e. The van der Waals surface area contributed by atoms with Crippen LogP contribution in [0.3, 0.4) is 0 Å². The topological polar surface area (TPSA) is 117 Å². The van der Waals surface area contributed by atoms with E-state index < -0.39 is 0 Å². The van der Waals surface area contributed by atoms with E-state index in [4.69, 9.17) is 5.73 Å². The van der Waals surface area contributed by atoms with Crippen LogP contribution in [0.25, 0.3) is 0 Å². The van der Waals surface area contributed by atoms with Gasteiger partial charge in [0.05, 0.1) is 0 Å². The van der Waals surface area contributed by atoms with Crippen LogP contribution >= 0.6 is 0 Å². The average molecular weight is 308 g/mol. The predicted molar refractivity (Wildman–Crippen MR) is 81.8 cm³/mol. The first-order valence-corrected chi connectivity index (χ1v) is 7.86. The molecule has 0 atom stereocenters. The van der Waals surface area contributed by atoms with Crippen LogP contribution in [0, 0.1) is 0 Å². The van der Waals surface area contributed by atoms with Gasteiger partial charge in [0.1, 0.15) is 5.82 Å². The monoisotopic (exact) mass is 308 g/mol. The Kier molecular flexibility index (Phi) is 6.17. The van der Waals surface area contributed by atoms with Crippen molar-refractivity contribution < 1.29 is 9.59 Å². The molecule has 2 rings (SSSR count). The maximum atomic E-state index is 12.1. The highest BCUT2D eigenvalue weighted by molar-refractivity contribution is 5.83. The number of nitrogens with zero attached hydrogens (tertiary/aromatic N) is 3. The second-order valence-corrected chi connectivity index (χ2v) is 5.54. The van der Waals surface area contributed by atoms with E-state index in [-0.39, 0.29) is 30.6 Å². The lowest BCUT2D eigenvalue weighted by Gasteiger charge is -2.20. The third-order valence-corrected chi connectivity index (χ3v) is 3.76. The summed E-state index contributed by atoms with van der Waals surface area (Å²) >= 11 is 0. The van der Waals surface area contributed by atoms with Crippen molar-refractivity contribution >= 4 is 17.8 Å². The number of carbonyl (C=O) groups excluding carboxylic acids is 2. The Bertz CT molecular complexity index is 493. The minimum atomic E-state index is -0.115. The van der Waals surface area contributed by atoms with E-state index in [9.17, 15) is 9.59 Å². The van der Waals surface area contributed by atoms with Gasteiger partial charge in [-0.05, 0) is 12.8 Å². The van der Waals surface area contributed by atoms with Crippen LogP contribution in [-0.2, 0) is 16.0 Å². The Morgan fingerprint density at radius 2 is 1.91 bits per heavy atom. The molecule has 2 amide bonds. The van der Waals surface area contributed by atoms with E-state index >= 15 is 0 Å². The molecule has 0 aromatic carbocycles. The van der Waals surface area contributed by atoms with Gasteiger partial charge in [-0.25, -0.2) is 0 Å². The summed E-state index contributed by atoms with van der Waals surface area (Å²) in [5.74, 6) is 0.804. The number of nitrogens with two attached hydrogens (primary N) is 1. The zero-order valence-electron chi connectivity index (χ0n) is 12.8. The lowest BCUT2D eigenvalue weighted by Crippen LogP contribution is -2.33. The maximum absolute atomic E-state index is 12.1. The first-order valence-electron chi connectivity index (χ1n) is 7.86. The molecule has 8 heteroatoms. The number of hydrogen-bond acceptors (Lipinski definition) is 5. The summed E-state index contributed by atoms with van der Waals surface area (Å²) in [6.45, 7) is 2.10. The number of anilines is 1. The molecule has 22 heavy (non-hydrogen) atoms. The lowest BCUT2D eigenvalue weighted by atomic mass is 10.2. The molecular formula is C14H24N6O2. The number of aromatic nitrogens is 3. The Balaban J connectivity index is 1.61. The van der Waals surface area contributed by atoms with Gasteiger partial charge in [-0.3, -0.25) is 14.7 Å². The van der Waals surface area contributed by atoms with Crippen LogP contribution in [0.5, 0.6) is 0 Å². The van der Waals surface area contributed by atoms with E-state index in [1.807, 2.05) is 4.90 Å². The van der Waals surface area contributed by atoms with E-state index in [0.29, 0.717) is 18.8 Å². The number of rotatable bonds is 6. The predicted octanol–water partition coefficient (Wildman–Crippen LogP) is 0.228. The van der Waals surface area contributed by atoms with Crippen molar-refractivity contribution in [2.24, 2.45) is 0 Å². The molecule has 122 valence electrons. The molecule has 8 nitrogen and oxygen atoms in total. The summed E-state index contributed by atoms with van der Waals surface area (Å²) in [6, 6.07) is 0. The SMILES string of the molecule is Nc1n[nH]c(CCNC(=O)CCC(=O)N2CCCCCC2)n1. The van der Waals surface area contributed by atoms with Crippen LogP contribution in [0.2, 0.25) is 0 Å². The Morgan fingerprint density at radius 3 is 2.55 bits per heavy atom. The molecular weight excluding hydrogens is 284 g/mol. The largest absolute Gasteiger partial charge is 0.367 e. The fourth-order valence-electron chi connectivity index (χ4n) is 2.53. The standard InChI is InChI=1S/C14H24N6O2/c15-14-17-11(18-19-14)7-8-16-12(21)5-6-13(22)20-9-3-1-2-4-10-20/h1-10H2,(H,16,21)(H3,15,17,18,19). The highest BCUT2D eigenvalue weighted by Crippen LogP contribution is 2.11. The molecule has 1 aliphatic rings. The van der Waals surface area contributed by atoms with Crippen LogP contribution < -0.4 is 11.1 Å². The summed E-state index contributed by atoms with van der Waals surface area (Å²) in [4.78, 5) is 29.6. The highest BCUT2D eigenvalue weighted by atomic mass is 16.2. The fraction of sp³-hybridized carbons (Fsp3) is 0.714. The third kappa shape index (κ3) is 5.34. The zero-order chi connectivity index (χ0) is 15.8. The summed E-state index contributed by atoms with van der Waals surface area (Å²) in [5.41, 5.74) is 5.39. The minimum Gasteiger partial charge on any atom is -0.367 e. The fourth-order valence-corrected chi connectivity index (χ4v) is 2.53. The van der Waals surface area contributed by atoms with Crippen molar-refractivity contribution in [2.45, 2.75) is 44.9 Å². The second-order valence-electron chi connectivity index (χ2n) is 5.54. The van der Waals surface area contributed by atoms with Crippen molar-refractivity contribution in [3.05, 3.63) is 5.82 Å². The van der Waals surface area contributed by atoms with Crippen molar-refractivity contribution in [1.29, 1.82) is 0 Å². The normalized spacial score (nSPS) is 15.4. The molecule has 1 aliphatic heterocycles. The number of likely N-dealkylation sites (tertiary alicyclic amines) is 1. The summed E-state index contributed by atoms with van der Waals surface area (Å²) in [5, 5.41) is 9.16. The van der Waals surface area contributed by atoms with E-state index in [2.05, 4.69) is 20.5 Å². The zero-order valence-corrected chi connectivity index (χ0v) is 12.8. The van der Waals surface area contributed by atoms with Crippen molar-refractivity contribution in [3.8, 4) is 0 Å². The number of carbonyl (C=O) groups is 2. The van der Waals surface area contributed by atoms with E-state index in [1.165, 1.54) is 12.8 Å². The Labute approximate surface area is 129 Å². The molecule has 0 spiro atoms. The van der Waals surface area contributed by atoms with Crippen molar-refractivity contribution in [3.63, 3.8) is 0 Å². The number of aromatic amines is 1. The lowest BCUT2D eigenvalue weighted by molar-refractivity contribution is -0.133. The molecule has 1 aromatic heterocycles. The van der Waals surface area contributed by atoms with Crippen LogP contribution in [0.1, 0.15) is 44.3 Å². The quantitative estimate of drug-likeness (QED) is 0.695. The van der Waals surface area contributed by atoms with Gasteiger partial charge in [0.15, 0.2) is 0 Å². The van der Waals surface area contributed by atoms with Gasteiger partial charge in [-0.2, -0.15) is 4.98 Å². The molecule has 0 radical (unpaired) electrons. The molecule has 0 unspecified atom stereocenters. The number of H-pyrrole nitrogens is 1. The molecule has 2 heterocycles. The Hall–Kier alpha value is -2.12. The molecule has 0 bridgehead atoms. The molecule has 1 saturated heterocycles. The highest BCUT2D eigenvalue weighted by Gasteiger charge is 2.16. The first-order chi connectivity index (χ1) is 10.6.